The van der Waals surface area contributed by atoms with Crippen LogP contribution in [0.4, 0.5) is 5.69 Å². The molecule has 0 radical (unpaired) electrons. The monoisotopic (exact) mass is 219 g/mol. The van der Waals surface area contributed by atoms with Crippen LogP contribution in [0, 0.1) is 0 Å². The minimum atomic E-state index is -0.0177. The molecule has 1 amide bonds. The molecule has 1 aromatic rings. The molecular formula is C12H13NOS. The second-order valence-electron chi connectivity index (χ2n) is 3.45. The first-order chi connectivity index (χ1) is 7.29. The third kappa shape index (κ3) is 2.42. The summed E-state index contributed by atoms with van der Waals surface area (Å²) >= 11 is 1.68. The first-order valence-electron chi connectivity index (χ1n) is 5.08. The largest absolute Gasteiger partial charge is 0.321 e. The second kappa shape index (κ2) is 4.53. The zero-order valence-electron chi connectivity index (χ0n) is 8.62. The van der Waals surface area contributed by atoms with E-state index in [9.17, 15) is 4.79 Å². The number of carbonyl (C=O) groups excluding carboxylic acids is 1. The Hall–Kier alpha value is -1.22. The number of anilines is 1. The van der Waals surface area contributed by atoms with Gasteiger partial charge in [0.05, 0.1) is 5.69 Å². The summed E-state index contributed by atoms with van der Waals surface area (Å²) < 4.78 is 0. The first-order valence-corrected chi connectivity index (χ1v) is 5.89. The van der Waals surface area contributed by atoms with Gasteiger partial charge in [0.1, 0.15) is 0 Å². The lowest BCUT2D eigenvalue weighted by Crippen LogP contribution is -2.07. The number of allylic oxidation sites excluding steroid dienone is 1. The molecule has 0 atom stereocenters. The van der Waals surface area contributed by atoms with Crippen molar-refractivity contribution in [2.24, 2.45) is 0 Å². The molecule has 78 valence electrons. The summed E-state index contributed by atoms with van der Waals surface area (Å²) in [4.78, 5) is 13.8. The SMILES string of the molecule is CCCC1=CC(=O)Nc2ccccc2S1. The van der Waals surface area contributed by atoms with Gasteiger partial charge in [-0.25, -0.2) is 0 Å². The Labute approximate surface area is 93.8 Å². The highest BCUT2D eigenvalue weighted by atomic mass is 32.2. The highest BCUT2D eigenvalue weighted by Crippen LogP contribution is 2.36. The van der Waals surface area contributed by atoms with E-state index < -0.39 is 0 Å². The van der Waals surface area contributed by atoms with E-state index in [1.807, 2.05) is 24.3 Å². The third-order valence-corrected chi connectivity index (χ3v) is 3.33. The van der Waals surface area contributed by atoms with E-state index in [4.69, 9.17) is 0 Å². The molecule has 2 rings (SSSR count). The van der Waals surface area contributed by atoms with Crippen LogP contribution in [0.2, 0.25) is 0 Å². The van der Waals surface area contributed by atoms with Crippen molar-refractivity contribution in [2.75, 3.05) is 5.32 Å². The van der Waals surface area contributed by atoms with Crippen LogP contribution >= 0.6 is 11.8 Å². The predicted molar refractivity (Wildman–Crippen MR) is 63.9 cm³/mol. The van der Waals surface area contributed by atoms with Crippen molar-refractivity contribution in [2.45, 2.75) is 24.7 Å². The number of para-hydroxylation sites is 1. The smallest absolute Gasteiger partial charge is 0.249 e. The van der Waals surface area contributed by atoms with Gasteiger partial charge in [0, 0.05) is 11.0 Å². The third-order valence-electron chi connectivity index (χ3n) is 2.17. The maximum atomic E-state index is 11.5. The fraction of sp³-hybridized carbons (Fsp3) is 0.250. The van der Waals surface area contributed by atoms with Gasteiger partial charge in [0.25, 0.3) is 0 Å². The molecule has 0 unspecified atom stereocenters. The summed E-state index contributed by atoms with van der Waals surface area (Å²) in [6.45, 7) is 2.12. The molecule has 0 bridgehead atoms. The summed E-state index contributed by atoms with van der Waals surface area (Å²) in [7, 11) is 0. The number of amides is 1. The molecule has 15 heavy (non-hydrogen) atoms. The van der Waals surface area contributed by atoms with Crippen LogP contribution in [-0.2, 0) is 4.79 Å². The lowest BCUT2D eigenvalue weighted by molar-refractivity contribution is -0.111. The van der Waals surface area contributed by atoms with Gasteiger partial charge in [-0.3, -0.25) is 4.79 Å². The normalized spacial score (nSPS) is 15.0. The number of carbonyl (C=O) groups is 1. The predicted octanol–water partition coefficient (Wildman–Crippen LogP) is 3.41. The summed E-state index contributed by atoms with van der Waals surface area (Å²) in [6.07, 6.45) is 3.73. The molecule has 0 spiro atoms. The second-order valence-corrected chi connectivity index (χ2v) is 4.62. The Kier molecular flexibility index (Phi) is 3.11. The van der Waals surface area contributed by atoms with Gasteiger partial charge in [-0.1, -0.05) is 37.2 Å². The maximum absolute atomic E-state index is 11.5. The van der Waals surface area contributed by atoms with Gasteiger partial charge in [-0.15, -0.1) is 0 Å². The van der Waals surface area contributed by atoms with Crippen LogP contribution in [0.15, 0.2) is 40.1 Å². The molecule has 0 fully saturated rings. The van der Waals surface area contributed by atoms with Crippen LogP contribution in [0.1, 0.15) is 19.8 Å². The fourth-order valence-electron chi connectivity index (χ4n) is 1.51. The molecule has 1 aromatic carbocycles. The highest BCUT2D eigenvalue weighted by Gasteiger charge is 2.12. The lowest BCUT2D eigenvalue weighted by Gasteiger charge is -2.05. The van der Waals surface area contributed by atoms with Crippen molar-refractivity contribution in [1.29, 1.82) is 0 Å². The standard InChI is InChI=1S/C12H13NOS/c1-2-5-9-8-12(14)13-10-6-3-4-7-11(10)15-9/h3-4,6-8H,2,5H2,1H3,(H,13,14). The van der Waals surface area contributed by atoms with Gasteiger partial charge in [-0.05, 0) is 23.5 Å². The van der Waals surface area contributed by atoms with Crippen LogP contribution in [0.5, 0.6) is 0 Å². The van der Waals surface area contributed by atoms with E-state index in [2.05, 4.69) is 12.2 Å². The van der Waals surface area contributed by atoms with E-state index >= 15 is 0 Å². The number of fused-ring (bicyclic) bond motifs is 1. The Balaban J connectivity index is 2.32. The van der Waals surface area contributed by atoms with Crippen molar-refractivity contribution in [1.82, 2.24) is 0 Å². The van der Waals surface area contributed by atoms with Gasteiger partial charge in [-0.2, -0.15) is 0 Å². The van der Waals surface area contributed by atoms with Gasteiger partial charge >= 0.3 is 0 Å². The molecule has 0 saturated carbocycles. The zero-order chi connectivity index (χ0) is 10.7. The number of benzene rings is 1. The molecule has 3 heteroatoms. The summed E-state index contributed by atoms with van der Waals surface area (Å²) in [6, 6.07) is 7.90. The zero-order valence-corrected chi connectivity index (χ0v) is 9.43. The molecule has 1 aliphatic rings. The summed E-state index contributed by atoms with van der Waals surface area (Å²) in [5.41, 5.74) is 0.912. The van der Waals surface area contributed by atoms with E-state index in [0.29, 0.717) is 0 Å². The molecule has 0 aromatic heterocycles. The van der Waals surface area contributed by atoms with Crippen molar-refractivity contribution >= 4 is 23.4 Å². The van der Waals surface area contributed by atoms with Crippen LogP contribution in [0.3, 0.4) is 0 Å². The Morgan fingerprint density at radius 2 is 2.13 bits per heavy atom. The quantitative estimate of drug-likeness (QED) is 0.825. The number of hydrogen-bond donors (Lipinski definition) is 1. The molecule has 2 nitrogen and oxygen atoms in total. The number of nitrogens with one attached hydrogen (secondary N) is 1. The van der Waals surface area contributed by atoms with E-state index in [1.54, 1.807) is 17.8 Å². The maximum Gasteiger partial charge on any atom is 0.249 e. The lowest BCUT2D eigenvalue weighted by atomic mass is 10.3. The van der Waals surface area contributed by atoms with E-state index in [-0.39, 0.29) is 5.91 Å². The van der Waals surface area contributed by atoms with Crippen molar-refractivity contribution in [3.05, 3.63) is 35.2 Å². The van der Waals surface area contributed by atoms with Gasteiger partial charge in [0.15, 0.2) is 0 Å². The highest BCUT2D eigenvalue weighted by molar-refractivity contribution is 8.03. The number of hydrogen-bond acceptors (Lipinski definition) is 2. The number of rotatable bonds is 2. The van der Waals surface area contributed by atoms with Crippen molar-refractivity contribution < 1.29 is 4.79 Å². The Bertz CT molecular complexity index is 412. The van der Waals surface area contributed by atoms with Crippen LogP contribution in [-0.4, -0.2) is 5.91 Å². The minimum Gasteiger partial charge on any atom is -0.321 e. The van der Waals surface area contributed by atoms with Crippen molar-refractivity contribution in [3.63, 3.8) is 0 Å². The van der Waals surface area contributed by atoms with Crippen LogP contribution < -0.4 is 5.32 Å². The van der Waals surface area contributed by atoms with Crippen molar-refractivity contribution in [3.8, 4) is 0 Å². The number of thioether (sulfide) groups is 1. The summed E-state index contributed by atoms with van der Waals surface area (Å²) in [5, 5.41) is 2.87. The summed E-state index contributed by atoms with van der Waals surface area (Å²) in [5.74, 6) is -0.0177. The van der Waals surface area contributed by atoms with Gasteiger partial charge in [0.2, 0.25) is 5.91 Å². The molecule has 1 N–H and O–H groups in total. The average Bonchev–Trinajstić information content (AvgIpc) is 2.35. The Morgan fingerprint density at radius 1 is 1.33 bits per heavy atom. The molecule has 1 heterocycles. The van der Waals surface area contributed by atoms with Crippen LogP contribution in [0.25, 0.3) is 0 Å². The minimum absolute atomic E-state index is 0.0177. The molecule has 1 aliphatic heterocycles. The molecule has 0 aliphatic carbocycles. The molecule has 0 saturated heterocycles. The fourth-order valence-corrected chi connectivity index (χ4v) is 2.64. The Morgan fingerprint density at radius 3 is 2.93 bits per heavy atom. The van der Waals surface area contributed by atoms with Gasteiger partial charge < -0.3 is 5.32 Å². The first kappa shape index (κ1) is 10.3. The topological polar surface area (TPSA) is 29.1 Å². The van der Waals surface area contributed by atoms with E-state index in [1.165, 1.54) is 0 Å². The molecular weight excluding hydrogens is 206 g/mol. The average molecular weight is 219 g/mol. The van der Waals surface area contributed by atoms with E-state index in [0.717, 1.165) is 28.3 Å².